The van der Waals surface area contributed by atoms with Crippen LogP contribution in [0.15, 0.2) is 29.2 Å². The normalized spacial score (nSPS) is 15.3. The standard InChI is InChI=1S/C13H21NS/c1-9(2)11(4)15-13-8-6-5-7-12(13)10(3)14/h5-11H,14H2,1-4H3/t10-,11?/m0/s1. The molecule has 2 heteroatoms. The number of rotatable bonds is 4. The summed E-state index contributed by atoms with van der Waals surface area (Å²) in [5.74, 6) is 0.691. The summed E-state index contributed by atoms with van der Waals surface area (Å²) in [6, 6.07) is 8.56. The van der Waals surface area contributed by atoms with Gasteiger partial charge in [-0.2, -0.15) is 0 Å². The van der Waals surface area contributed by atoms with Gasteiger partial charge in [-0.05, 0) is 24.5 Å². The average molecular weight is 223 g/mol. The van der Waals surface area contributed by atoms with E-state index >= 15 is 0 Å². The lowest BCUT2D eigenvalue weighted by Crippen LogP contribution is -2.09. The Labute approximate surface area is 97.4 Å². The smallest absolute Gasteiger partial charge is 0.0277 e. The molecule has 0 radical (unpaired) electrons. The molecule has 0 fully saturated rings. The van der Waals surface area contributed by atoms with E-state index in [4.69, 9.17) is 5.73 Å². The molecule has 2 atom stereocenters. The summed E-state index contributed by atoms with van der Waals surface area (Å²) in [5.41, 5.74) is 7.21. The van der Waals surface area contributed by atoms with E-state index in [1.807, 2.05) is 18.7 Å². The minimum absolute atomic E-state index is 0.119. The van der Waals surface area contributed by atoms with Crippen LogP contribution in [0.2, 0.25) is 0 Å². The summed E-state index contributed by atoms with van der Waals surface area (Å²) in [4.78, 5) is 1.33. The predicted molar refractivity (Wildman–Crippen MR) is 69.2 cm³/mol. The van der Waals surface area contributed by atoms with Crippen molar-refractivity contribution < 1.29 is 0 Å². The van der Waals surface area contributed by atoms with Gasteiger partial charge in [-0.1, -0.05) is 39.0 Å². The molecule has 84 valence electrons. The van der Waals surface area contributed by atoms with Crippen molar-refractivity contribution in [3.05, 3.63) is 29.8 Å². The van der Waals surface area contributed by atoms with Crippen molar-refractivity contribution in [2.75, 3.05) is 0 Å². The van der Waals surface area contributed by atoms with E-state index in [0.717, 1.165) is 0 Å². The van der Waals surface area contributed by atoms with Crippen LogP contribution < -0.4 is 5.73 Å². The topological polar surface area (TPSA) is 26.0 Å². The molecule has 0 amide bonds. The second kappa shape index (κ2) is 5.57. The van der Waals surface area contributed by atoms with Gasteiger partial charge in [0.05, 0.1) is 0 Å². The molecule has 0 aromatic heterocycles. The number of hydrogen-bond acceptors (Lipinski definition) is 2. The van der Waals surface area contributed by atoms with Gasteiger partial charge < -0.3 is 5.73 Å². The van der Waals surface area contributed by atoms with Gasteiger partial charge in [0.15, 0.2) is 0 Å². The minimum Gasteiger partial charge on any atom is -0.324 e. The van der Waals surface area contributed by atoms with Crippen molar-refractivity contribution in [1.29, 1.82) is 0 Å². The zero-order valence-corrected chi connectivity index (χ0v) is 10.8. The second-order valence-electron chi connectivity index (χ2n) is 4.39. The van der Waals surface area contributed by atoms with Crippen molar-refractivity contribution in [3.8, 4) is 0 Å². The van der Waals surface area contributed by atoms with Gasteiger partial charge in [0.2, 0.25) is 0 Å². The summed E-state index contributed by atoms with van der Waals surface area (Å²) in [6.45, 7) is 8.82. The van der Waals surface area contributed by atoms with Crippen molar-refractivity contribution in [1.82, 2.24) is 0 Å². The third kappa shape index (κ3) is 3.54. The van der Waals surface area contributed by atoms with Crippen LogP contribution in [0.1, 0.15) is 39.3 Å². The Morgan fingerprint density at radius 1 is 1.07 bits per heavy atom. The Morgan fingerprint density at radius 3 is 2.20 bits per heavy atom. The number of nitrogens with two attached hydrogens (primary N) is 1. The summed E-state index contributed by atoms with van der Waals surface area (Å²) >= 11 is 1.93. The summed E-state index contributed by atoms with van der Waals surface area (Å²) in [7, 11) is 0. The molecule has 1 nitrogen and oxygen atoms in total. The highest BCUT2D eigenvalue weighted by atomic mass is 32.2. The largest absolute Gasteiger partial charge is 0.324 e. The molecule has 1 aromatic carbocycles. The van der Waals surface area contributed by atoms with E-state index in [9.17, 15) is 0 Å². The van der Waals surface area contributed by atoms with Gasteiger partial charge in [0.25, 0.3) is 0 Å². The van der Waals surface area contributed by atoms with Crippen LogP contribution in [0.4, 0.5) is 0 Å². The first kappa shape index (κ1) is 12.6. The van der Waals surface area contributed by atoms with Crippen LogP contribution >= 0.6 is 11.8 Å². The molecule has 0 spiro atoms. The molecule has 1 rings (SSSR count). The molecule has 0 saturated heterocycles. The first-order chi connectivity index (χ1) is 7.02. The van der Waals surface area contributed by atoms with Crippen molar-refractivity contribution in [2.24, 2.45) is 11.7 Å². The SMILES string of the molecule is CC(C)C(C)Sc1ccccc1[C@H](C)N. The predicted octanol–water partition coefficient (Wildman–Crippen LogP) is 3.84. The van der Waals surface area contributed by atoms with E-state index in [1.165, 1.54) is 10.5 Å². The highest BCUT2D eigenvalue weighted by Gasteiger charge is 2.12. The molecule has 1 aromatic rings. The van der Waals surface area contributed by atoms with Crippen LogP contribution in [0.5, 0.6) is 0 Å². The Morgan fingerprint density at radius 2 is 1.67 bits per heavy atom. The second-order valence-corrected chi connectivity index (χ2v) is 5.81. The molecule has 0 bridgehead atoms. The Bertz CT molecular complexity index is 307. The van der Waals surface area contributed by atoms with Crippen molar-refractivity contribution >= 4 is 11.8 Å². The van der Waals surface area contributed by atoms with Gasteiger partial charge in [-0.3, -0.25) is 0 Å². The van der Waals surface area contributed by atoms with E-state index in [2.05, 4.69) is 45.0 Å². The lowest BCUT2D eigenvalue weighted by Gasteiger charge is -2.18. The molecule has 0 heterocycles. The third-order valence-electron chi connectivity index (χ3n) is 2.66. The maximum Gasteiger partial charge on any atom is 0.0277 e. The lowest BCUT2D eigenvalue weighted by atomic mass is 10.1. The van der Waals surface area contributed by atoms with E-state index < -0.39 is 0 Å². The zero-order chi connectivity index (χ0) is 11.4. The Balaban J connectivity index is 2.84. The van der Waals surface area contributed by atoms with Gasteiger partial charge in [0.1, 0.15) is 0 Å². The Hall–Kier alpha value is -0.470. The summed E-state index contributed by atoms with van der Waals surface area (Å²) in [5, 5.41) is 0.630. The van der Waals surface area contributed by atoms with Gasteiger partial charge in [-0.15, -0.1) is 11.8 Å². The maximum atomic E-state index is 5.95. The molecular weight excluding hydrogens is 202 g/mol. The van der Waals surface area contributed by atoms with Crippen LogP contribution in [-0.4, -0.2) is 5.25 Å². The van der Waals surface area contributed by atoms with Crippen molar-refractivity contribution in [3.63, 3.8) is 0 Å². The monoisotopic (exact) mass is 223 g/mol. The van der Waals surface area contributed by atoms with Crippen LogP contribution in [0.3, 0.4) is 0 Å². The highest BCUT2D eigenvalue weighted by Crippen LogP contribution is 2.32. The molecule has 15 heavy (non-hydrogen) atoms. The fourth-order valence-electron chi connectivity index (χ4n) is 1.30. The van der Waals surface area contributed by atoms with Crippen molar-refractivity contribution in [2.45, 2.75) is 43.9 Å². The molecule has 0 aliphatic carbocycles. The number of benzene rings is 1. The fourth-order valence-corrected chi connectivity index (χ4v) is 2.52. The molecular formula is C13H21NS. The van der Waals surface area contributed by atoms with E-state index in [1.54, 1.807) is 0 Å². The van der Waals surface area contributed by atoms with E-state index in [-0.39, 0.29) is 6.04 Å². The molecule has 0 saturated carbocycles. The summed E-state index contributed by atoms with van der Waals surface area (Å²) < 4.78 is 0. The number of hydrogen-bond donors (Lipinski definition) is 1. The van der Waals surface area contributed by atoms with E-state index in [0.29, 0.717) is 11.2 Å². The van der Waals surface area contributed by atoms with Gasteiger partial charge >= 0.3 is 0 Å². The van der Waals surface area contributed by atoms with Crippen LogP contribution in [0.25, 0.3) is 0 Å². The highest BCUT2D eigenvalue weighted by molar-refractivity contribution is 8.00. The maximum absolute atomic E-state index is 5.95. The zero-order valence-electron chi connectivity index (χ0n) is 10.0. The molecule has 2 N–H and O–H groups in total. The molecule has 0 aliphatic heterocycles. The first-order valence-electron chi connectivity index (χ1n) is 5.53. The molecule has 1 unspecified atom stereocenters. The lowest BCUT2D eigenvalue weighted by molar-refractivity contribution is 0.641. The Kier molecular flexibility index (Phi) is 4.68. The number of thioether (sulfide) groups is 1. The minimum atomic E-state index is 0.119. The first-order valence-corrected chi connectivity index (χ1v) is 6.41. The van der Waals surface area contributed by atoms with Crippen LogP contribution in [0, 0.1) is 5.92 Å². The quantitative estimate of drug-likeness (QED) is 0.785. The average Bonchev–Trinajstić information content (AvgIpc) is 2.18. The molecule has 0 aliphatic rings. The van der Waals surface area contributed by atoms with Gasteiger partial charge in [0, 0.05) is 16.2 Å². The third-order valence-corrected chi connectivity index (χ3v) is 4.20. The fraction of sp³-hybridized carbons (Fsp3) is 0.538. The van der Waals surface area contributed by atoms with Crippen LogP contribution in [-0.2, 0) is 0 Å². The summed E-state index contributed by atoms with van der Waals surface area (Å²) in [6.07, 6.45) is 0. The van der Waals surface area contributed by atoms with Gasteiger partial charge in [-0.25, -0.2) is 0 Å².